The van der Waals surface area contributed by atoms with Gasteiger partial charge in [-0.2, -0.15) is 0 Å². The SMILES string of the molecule is CN(C)C.CN(C)C.C[N+](C)(C)C.[Cl-].[HH].[HH].[HH].[HH].[HH].[HH]. The molecule has 0 fully saturated rings. The van der Waals surface area contributed by atoms with Gasteiger partial charge in [-0.15, -0.1) is 0 Å². The van der Waals surface area contributed by atoms with Crippen LogP contribution in [0, 0.1) is 0 Å². The second-order valence-corrected chi connectivity index (χ2v) is 5.37. The minimum absolute atomic E-state index is 0. The molecule has 0 saturated heterocycles. The number of nitrogens with zero attached hydrogens (tertiary/aromatic N) is 3. The number of halogens is 1. The summed E-state index contributed by atoms with van der Waals surface area (Å²) in [5.41, 5.74) is 0. The lowest BCUT2D eigenvalue weighted by atomic mass is 10.8. The molecule has 0 heterocycles. The number of rotatable bonds is 0. The summed E-state index contributed by atoms with van der Waals surface area (Å²) < 4.78 is 1.00. The van der Waals surface area contributed by atoms with E-state index in [4.69, 9.17) is 0 Å². The van der Waals surface area contributed by atoms with Crippen LogP contribution in [0.3, 0.4) is 0 Å². The minimum atomic E-state index is 0. The molecule has 0 aromatic heterocycles. The first kappa shape index (κ1) is 23.8. The molecule has 0 amide bonds. The zero-order valence-electron chi connectivity index (χ0n) is 11.7. The third kappa shape index (κ3) is 52500. The second kappa shape index (κ2) is 13.2. The molecular weight excluding hydrogens is 198 g/mol. The van der Waals surface area contributed by atoms with Gasteiger partial charge in [-0.3, -0.25) is 0 Å². The van der Waals surface area contributed by atoms with Gasteiger partial charge in [0.2, 0.25) is 0 Å². The van der Waals surface area contributed by atoms with Crippen LogP contribution in [0.1, 0.15) is 8.56 Å². The highest BCUT2D eigenvalue weighted by atomic mass is 35.5. The highest BCUT2D eigenvalue weighted by Crippen LogP contribution is 1.73. The van der Waals surface area contributed by atoms with Crippen LogP contribution in [0.5, 0.6) is 0 Å². The molecule has 104 valence electrons. The van der Waals surface area contributed by atoms with Crippen LogP contribution in [0.4, 0.5) is 0 Å². The molecule has 0 N–H and O–H groups in total. The van der Waals surface area contributed by atoms with Gasteiger partial charge < -0.3 is 26.7 Å². The van der Waals surface area contributed by atoms with Crippen LogP contribution in [-0.2, 0) is 0 Å². The highest BCUT2D eigenvalue weighted by molar-refractivity contribution is 4.09. The van der Waals surface area contributed by atoms with Crippen LogP contribution in [0.2, 0.25) is 0 Å². The van der Waals surface area contributed by atoms with Crippen LogP contribution < -0.4 is 12.4 Å². The van der Waals surface area contributed by atoms with Crippen LogP contribution >= 0.6 is 0 Å². The summed E-state index contributed by atoms with van der Waals surface area (Å²) in [5, 5.41) is 0. The molecule has 14 heavy (non-hydrogen) atoms. The molecule has 3 nitrogen and oxygen atoms in total. The Morgan fingerprint density at radius 2 is 0.643 bits per heavy atom. The molecular formula is C10H42ClN3. The van der Waals surface area contributed by atoms with Crippen molar-refractivity contribution in [3.63, 3.8) is 0 Å². The van der Waals surface area contributed by atoms with Crippen molar-refractivity contribution in [1.82, 2.24) is 9.80 Å². The molecule has 0 aliphatic carbocycles. The molecule has 0 aromatic carbocycles. The maximum atomic E-state index is 2.12. The van der Waals surface area contributed by atoms with Gasteiger partial charge in [-0.25, -0.2) is 0 Å². The number of quaternary nitrogens is 1. The van der Waals surface area contributed by atoms with E-state index >= 15 is 0 Å². The summed E-state index contributed by atoms with van der Waals surface area (Å²) in [5.74, 6) is 0. The van der Waals surface area contributed by atoms with E-state index in [0.717, 1.165) is 4.48 Å². The van der Waals surface area contributed by atoms with Crippen LogP contribution in [0.15, 0.2) is 0 Å². The van der Waals surface area contributed by atoms with Crippen molar-refractivity contribution in [2.24, 2.45) is 0 Å². The predicted octanol–water partition coefficient (Wildman–Crippen LogP) is -0.842. The normalized spacial score (nSPS) is 9.43. The maximum absolute atomic E-state index is 2.12. The fourth-order valence-corrected chi connectivity index (χ4v) is 0. The van der Waals surface area contributed by atoms with E-state index in [1.807, 2.05) is 52.1 Å². The van der Waals surface area contributed by atoms with E-state index in [1.54, 1.807) is 0 Å². The lowest BCUT2D eigenvalue weighted by Gasteiger charge is -2.14. The van der Waals surface area contributed by atoms with E-state index in [2.05, 4.69) is 28.2 Å². The summed E-state index contributed by atoms with van der Waals surface area (Å²) >= 11 is 0. The molecule has 0 aliphatic rings. The van der Waals surface area contributed by atoms with E-state index in [-0.39, 0.29) is 21.0 Å². The van der Waals surface area contributed by atoms with Gasteiger partial charge in [0.15, 0.2) is 0 Å². The molecule has 0 spiro atoms. The van der Waals surface area contributed by atoms with Gasteiger partial charge >= 0.3 is 0 Å². The Labute approximate surface area is 107 Å². The van der Waals surface area contributed by atoms with E-state index < -0.39 is 0 Å². The smallest absolute Gasteiger partial charge is 0.0675 e. The Morgan fingerprint density at radius 1 is 0.643 bits per heavy atom. The fourth-order valence-electron chi connectivity index (χ4n) is 0. The van der Waals surface area contributed by atoms with Crippen molar-refractivity contribution >= 4 is 0 Å². The fraction of sp³-hybridized carbons (Fsp3) is 1.00. The van der Waals surface area contributed by atoms with Crippen molar-refractivity contribution in [3.8, 4) is 0 Å². The first-order chi connectivity index (χ1) is 5.46. The van der Waals surface area contributed by atoms with Gasteiger partial charge in [0.05, 0.1) is 28.2 Å². The van der Waals surface area contributed by atoms with Crippen LogP contribution in [0.25, 0.3) is 0 Å². The highest BCUT2D eigenvalue weighted by Gasteiger charge is 1.88. The van der Waals surface area contributed by atoms with Gasteiger partial charge in [0, 0.05) is 8.56 Å². The van der Waals surface area contributed by atoms with Gasteiger partial charge in [-0.05, 0) is 42.3 Å². The lowest BCUT2D eigenvalue weighted by Crippen LogP contribution is -3.00. The van der Waals surface area contributed by atoms with Crippen molar-refractivity contribution in [2.75, 3.05) is 70.5 Å². The van der Waals surface area contributed by atoms with E-state index in [1.165, 1.54) is 0 Å². The molecule has 0 saturated carbocycles. The van der Waals surface area contributed by atoms with Crippen molar-refractivity contribution in [3.05, 3.63) is 0 Å². The second-order valence-electron chi connectivity index (χ2n) is 5.37. The standard InChI is InChI=1S/C4H12N.2C3H9N.ClH.6H2/c1-5(2,3)4;2*1-4(2)3;;;;;;;/h1-4H3;2*1-3H3;7*1H/q+1;;;;;;;;;/p-1. The summed E-state index contributed by atoms with van der Waals surface area (Å²) in [6.45, 7) is 0. The third-order valence-corrected chi connectivity index (χ3v) is 0. The monoisotopic (exact) mass is 239 g/mol. The first-order valence-electron chi connectivity index (χ1n) is 4.47. The molecule has 0 aromatic rings. The third-order valence-electron chi connectivity index (χ3n) is 0. The minimum Gasteiger partial charge on any atom is -1.00 e. The average Bonchev–Trinajstić information content (AvgIpc) is 1.50. The Kier molecular flexibility index (Phi) is 22.4. The molecule has 0 bridgehead atoms. The van der Waals surface area contributed by atoms with Crippen molar-refractivity contribution in [1.29, 1.82) is 0 Å². The Bertz CT molecular complexity index is 88.0. The summed E-state index contributed by atoms with van der Waals surface area (Å²) in [7, 11) is 20.5. The van der Waals surface area contributed by atoms with E-state index in [9.17, 15) is 0 Å². The molecule has 4 heteroatoms. The molecule has 0 atom stereocenters. The Hall–Kier alpha value is 0.170. The number of hydrogen-bond acceptors (Lipinski definition) is 2. The Balaban J connectivity index is -0.00000000802. The van der Waals surface area contributed by atoms with Crippen LogP contribution in [-0.4, -0.2) is 84.8 Å². The van der Waals surface area contributed by atoms with Crippen molar-refractivity contribution in [2.45, 2.75) is 0 Å². The maximum Gasteiger partial charge on any atom is 0.0675 e. The van der Waals surface area contributed by atoms with Crippen molar-refractivity contribution < 1.29 is 25.4 Å². The summed E-state index contributed by atoms with van der Waals surface area (Å²) in [6.07, 6.45) is 0. The molecule has 0 unspecified atom stereocenters. The molecule has 0 radical (unpaired) electrons. The molecule has 0 aliphatic heterocycles. The van der Waals surface area contributed by atoms with Gasteiger partial charge in [-0.1, -0.05) is 0 Å². The number of hydrogen-bond donors (Lipinski definition) is 0. The Morgan fingerprint density at radius 3 is 0.643 bits per heavy atom. The largest absolute Gasteiger partial charge is 1.00 e. The summed E-state index contributed by atoms with van der Waals surface area (Å²) in [6, 6.07) is 0. The zero-order valence-corrected chi connectivity index (χ0v) is 12.5. The van der Waals surface area contributed by atoms with Gasteiger partial charge in [0.1, 0.15) is 0 Å². The average molecular weight is 240 g/mol. The summed E-state index contributed by atoms with van der Waals surface area (Å²) in [4.78, 5) is 4.00. The van der Waals surface area contributed by atoms with E-state index in [0.29, 0.717) is 0 Å². The quantitative estimate of drug-likeness (QED) is 0.509. The molecule has 0 rings (SSSR count). The topological polar surface area (TPSA) is 6.48 Å². The predicted molar refractivity (Wildman–Crippen MR) is 75.9 cm³/mol. The lowest BCUT2D eigenvalue weighted by molar-refractivity contribution is -0.849. The zero-order chi connectivity index (χ0) is 11.7. The van der Waals surface area contributed by atoms with Gasteiger partial charge in [0.25, 0.3) is 0 Å². The first-order valence-corrected chi connectivity index (χ1v) is 4.47.